The summed E-state index contributed by atoms with van der Waals surface area (Å²) in [6.45, 7) is 2.22. The predicted octanol–water partition coefficient (Wildman–Crippen LogP) is 3.89. The molecular weight excluding hydrogens is 512 g/mol. The van der Waals surface area contributed by atoms with Gasteiger partial charge in [0, 0.05) is 56.4 Å². The summed E-state index contributed by atoms with van der Waals surface area (Å²) in [5.41, 5.74) is 1.08. The van der Waals surface area contributed by atoms with Crippen molar-refractivity contribution in [1.82, 2.24) is 15.3 Å². The fraction of sp³-hybridized carbons (Fsp3) is 0.577. The van der Waals surface area contributed by atoms with Crippen molar-refractivity contribution in [2.75, 3.05) is 48.9 Å². The molecule has 2 aromatic rings. The van der Waals surface area contributed by atoms with Crippen LogP contribution in [0.4, 0.5) is 11.6 Å². The molecule has 4 rings (SSSR count). The van der Waals surface area contributed by atoms with Crippen LogP contribution in [0.15, 0.2) is 30.5 Å². The van der Waals surface area contributed by atoms with E-state index in [-0.39, 0.29) is 11.8 Å². The van der Waals surface area contributed by atoms with E-state index in [2.05, 4.69) is 27.0 Å². The Bertz CT molecular complexity index is 1210. The first kappa shape index (κ1) is 27.6. The summed E-state index contributed by atoms with van der Waals surface area (Å²) < 4.78 is 28.1. The van der Waals surface area contributed by atoms with Crippen LogP contribution in [-0.2, 0) is 14.6 Å². The summed E-state index contributed by atoms with van der Waals surface area (Å²) in [6, 6.07) is 10.8. The maximum atomic E-state index is 11.3. The average Bonchev–Trinajstić information content (AvgIpc) is 2.90. The van der Waals surface area contributed by atoms with E-state index in [9.17, 15) is 13.7 Å². The van der Waals surface area contributed by atoms with E-state index in [1.807, 2.05) is 24.3 Å². The van der Waals surface area contributed by atoms with Gasteiger partial charge in [0.15, 0.2) is 0 Å². The molecule has 3 heterocycles. The zero-order valence-corrected chi connectivity index (χ0v) is 22.7. The van der Waals surface area contributed by atoms with E-state index in [1.165, 1.54) is 6.26 Å². The molecule has 0 bridgehead atoms. The summed E-state index contributed by atoms with van der Waals surface area (Å²) in [6.07, 6.45) is 8.23. The quantitative estimate of drug-likeness (QED) is 0.406. The van der Waals surface area contributed by atoms with Crippen LogP contribution in [-0.4, -0.2) is 68.8 Å². The smallest absolute Gasteiger partial charge is 0.148 e. The number of sulfone groups is 1. The molecule has 2 aromatic heterocycles. The normalized spacial score (nSPS) is 21.6. The predicted molar refractivity (Wildman–Crippen MR) is 146 cm³/mol. The molecule has 200 valence electrons. The third-order valence-electron chi connectivity index (χ3n) is 7.16. The molecule has 11 heteroatoms. The van der Waals surface area contributed by atoms with Gasteiger partial charge in [-0.15, -0.1) is 0 Å². The van der Waals surface area contributed by atoms with Gasteiger partial charge in [-0.2, -0.15) is 5.26 Å². The van der Waals surface area contributed by atoms with Crippen molar-refractivity contribution in [3.05, 3.63) is 35.5 Å². The van der Waals surface area contributed by atoms with Crippen LogP contribution in [0.1, 0.15) is 38.5 Å². The highest BCUT2D eigenvalue weighted by atomic mass is 35.5. The molecule has 2 fully saturated rings. The maximum Gasteiger partial charge on any atom is 0.148 e. The summed E-state index contributed by atoms with van der Waals surface area (Å²) in [5, 5.41) is 20.5. The van der Waals surface area contributed by atoms with E-state index >= 15 is 0 Å². The molecular formula is C26H35ClN6O3S. The molecule has 37 heavy (non-hydrogen) atoms. The highest BCUT2D eigenvalue weighted by molar-refractivity contribution is 7.90. The molecule has 0 unspecified atom stereocenters. The zero-order chi connectivity index (χ0) is 26.3. The van der Waals surface area contributed by atoms with Crippen LogP contribution >= 0.6 is 11.6 Å². The van der Waals surface area contributed by atoms with Crippen LogP contribution in [0.25, 0.3) is 11.3 Å². The van der Waals surface area contributed by atoms with Gasteiger partial charge in [-0.3, -0.25) is 0 Å². The number of nitrogens with one attached hydrogen (secondary N) is 3. The van der Waals surface area contributed by atoms with Crippen LogP contribution in [0.3, 0.4) is 0 Å². The Kier molecular flexibility index (Phi) is 9.24. The van der Waals surface area contributed by atoms with Crippen LogP contribution in [0.2, 0.25) is 5.02 Å². The molecule has 3 N–H and O–H groups in total. The first-order chi connectivity index (χ1) is 17.8. The van der Waals surface area contributed by atoms with Crippen LogP contribution < -0.4 is 16.0 Å². The highest BCUT2D eigenvalue weighted by Gasteiger charge is 2.32. The van der Waals surface area contributed by atoms with Gasteiger partial charge in [0.25, 0.3) is 0 Å². The topological polar surface area (TPSA) is 129 Å². The number of halogens is 1. The SMILES string of the molecule is CS(=O)(=O)CCN[C@H]1CC[C@H](Nc2cc(-c3cccc(NCC4(C#N)CCOCC4)n3)c(Cl)cn2)CC1. The van der Waals surface area contributed by atoms with Gasteiger partial charge < -0.3 is 20.7 Å². The van der Waals surface area contributed by atoms with Crippen LogP contribution in [0.5, 0.6) is 0 Å². The summed E-state index contributed by atoms with van der Waals surface area (Å²) in [4.78, 5) is 9.23. The monoisotopic (exact) mass is 546 g/mol. The van der Waals surface area contributed by atoms with E-state index in [4.69, 9.17) is 21.3 Å². The largest absolute Gasteiger partial charge is 0.381 e. The van der Waals surface area contributed by atoms with Crippen molar-refractivity contribution in [2.24, 2.45) is 5.41 Å². The zero-order valence-electron chi connectivity index (χ0n) is 21.2. The van der Waals surface area contributed by atoms with Crippen molar-refractivity contribution >= 4 is 33.1 Å². The van der Waals surface area contributed by atoms with Gasteiger partial charge in [0.05, 0.1) is 28.0 Å². The summed E-state index contributed by atoms with van der Waals surface area (Å²) >= 11 is 6.51. The van der Waals surface area contributed by atoms with E-state index in [0.717, 1.165) is 42.8 Å². The number of pyridine rings is 2. The minimum atomic E-state index is -2.94. The van der Waals surface area contributed by atoms with E-state index in [1.54, 1.807) is 6.20 Å². The molecule has 1 saturated carbocycles. The number of nitrogens with zero attached hydrogens (tertiary/aromatic N) is 3. The van der Waals surface area contributed by atoms with Gasteiger partial charge in [-0.1, -0.05) is 17.7 Å². The number of nitriles is 1. The Morgan fingerprint density at radius 3 is 2.59 bits per heavy atom. The minimum Gasteiger partial charge on any atom is -0.381 e. The number of ether oxygens (including phenoxy) is 1. The molecule has 1 saturated heterocycles. The summed E-state index contributed by atoms with van der Waals surface area (Å²) in [7, 11) is -2.94. The van der Waals surface area contributed by atoms with Gasteiger partial charge in [-0.05, 0) is 56.7 Å². The van der Waals surface area contributed by atoms with Gasteiger partial charge in [0.2, 0.25) is 0 Å². The van der Waals surface area contributed by atoms with Crippen LogP contribution in [0, 0.1) is 16.7 Å². The Morgan fingerprint density at radius 2 is 1.89 bits per heavy atom. The molecule has 1 aliphatic heterocycles. The molecule has 0 spiro atoms. The first-order valence-electron chi connectivity index (χ1n) is 12.8. The number of aromatic nitrogens is 2. The van der Waals surface area contributed by atoms with Crippen molar-refractivity contribution in [3.8, 4) is 17.3 Å². The molecule has 2 aliphatic rings. The number of rotatable bonds is 10. The van der Waals surface area contributed by atoms with E-state index < -0.39 is 15.3 Å². The Balaban J connectivity index is 1.35. The molecule has 9 nitrogen and oxygen atoms in total. The fourth-order valence-corrected chi connectivity index (χ4v) is 5.54. The second kappa shape index (κ2) is 12.4. The Morgan fingerprint density at radius 1 is 1.16 bits per heavy atom. The molecule has 1 aliphatic carbocycles. The van der Waals surface area contributed by atoms with E-state index in [0.29, 0.717) is 56.0 Å². The molecule has 0 aromatic carbocycles. The lowest BCUT2D eigenvalue weighted by Gasteiger charge is -2.30. The third-order valence-corrected chi connectivity index (χ3v) is 8.41. The molecule has 0 atom stereocenters. The number of anilines is 2. The lowest BCUT2D eigenvalue weighted by atomic mass is 9.82. The second-order valence-electron chi connectivity index (χ2n) is 10.1. The van der Waals surface area contributed by atoms with Gasteiger partial charge >= 0.3 is 0 Å². The highest BCUT2D eigenvalue weighted by Crippen LogP contribution is 2.32. The minimum absolute atomic E-state index is 0.168. The fourth-order valence-electron chi connectivity index (χ4n) is 4.85. The Hall–Kier alpha value is -2.45. The standard InChI is InChI=1S/C26H35ClN6O3S/c1-37(34,35)14-11-29-19-5-7-20(8-6-19)32-25-15-21(22(27)16-30-25)23-3-2-4-24(33-23)31-18-26(17-28)9-12-36-13-10-26/h2-4,15-16,19-20,29H,5-14,18H2,1H3,(H,30,32)(H,31,33)/t19-,20-. The first-order valence-corrected chi connectivity index (χ1v) is 15.2. The average molecular weight is 547 g/mol. The lowest BCUT2D eigenvalue weighted by Crippen LogP contribution is -2.38. The van der Waals surface area contributed by atoms with Gasteiger partial charge in [0.1, 0.15) is 21.5 Å². The van der Waals surface area contributed by atoms with Crippen molar-refractivity contribution in [1.29, 1.82) is 5.26 Å². The maximum absolute atomic E-state index is 11.3. The summed E-state index contributed by atoms with van der Waals surface area (Å²) in [5.74, 6) is 1.61. The second-order valence-corrected chi connectivity index (χ2v) is 12.8. The van der Waals surface area contributed by atoms with Crippen molar-refractivity contribution in [3.63, 3.8) is 0 Å². The lowest BCUT2D eigenvalue weighted by molar-refractivity contribution is 0.0455. The van der Waals surface area contributed by atoms with Crippen molar-refractivity contribution < 1.29 is 13.2 Å². The molecule has 0 amide bonds. The molecule has 0 radical (unpaired) electrons. The van der Waals surface area contributed by atoms with Crippen molar-refractivity contribution in [2.45, 2.75) is 50.6 Å². The Labute approximate surface area is 224 Å². The van der Waals surface area contributed by atoms with Gasteiger partial charge in [-0.25, -0.2) is 18.4 Å². The third kappa shape index (κ3) is 8.01. The number of hydrogen-bond acceptors (Lipinski definition) is 9. The number of hydrogen-bond donors (Lipinski definition) is 3.